The summed E-state index contributed by atoms with van der Waals surface area (Å²) in [6.07, 6.45) is 1.45. The van der Waals surface area contributed by atoms with E-state index in [0.29, 0.717) is 3.57 Å². The number of carbonyl (C=O) groups excluding carboxylic acids is 2. The number of carbonyl (C=O) groups is 2. The van der Waals surface area contributed by atoms with Crippen molar-refractivity contribution in [2.24, 2.45) is 5.92 Å². The number of ether oxygens (including phenoxy) is 1. The summed E-state index contributed by atoms with van der Waals surface area (Å²) in [6.45, 7) is 0.176. The van der Waals surface area contributed by atoms with E-state index in [1.807, 2.05) is 22.6 Å². The van der Waals surface area contributed by atoms with Crippen LogP contribution in [0, 0.1) is 9.49 Å². The molecular formula is C10H10IN3O4. The van der Waals surface area contributed by atoms with E-state index < -0.39 is 11.9 Å². The van der Waals surface area contributed by atoms with Gasteiger partial charge in [-0.25, -0.2) is 4.98 Å². The van der Waals surface area contributed by atoms with Gasteiger partial charge in [-0.2, -0.15) is 0 Å². The lowest BCUT2D eigenvalue weighted by molar-refractivity contribution is -0.145. The Kier molecular flexibility index (Phi) is 3.64. The minimum Gasteiger partial charge on any atom is -0.469 e. The molecule has 0 aliphatic carbocycles. The largest absolute Gasteiger partial charge is 0.469 e. The number of aromatic amines is 1. The number of esters is 1. The minimum absolute atomic E-state index is 0.0718. The van der Waals surface area contributed by atoms with Crippen LogP contribution in [0.15, 0.2) is 11.0 Å². The van der Waals surface area contributed by atoms with Gasteiger partial charge in [0.15, 0.2) is 0 Å². The number of amides is 1. The SMILES string of the molecule is COC(=O)C1CC(=O)N(c2ncc(I)c(=O)[nH]2)C1. The standard InChI is InChI=1S/C10H10IN3O4/c1-18-9(17)5-2-7(15)14(4-5)10-12-3-6(11)8(16)13-10/h3,5H,2,4H2,1H3,(H,12,13,16). The molecule has 1 amide bonds. The molecule has 2 heterocycles. The zero-order valence-corrected chi connectivity index (χ0v) is 11.6. The molecule has 2 rings (SSSR count). The van der Waals surface area contributed by atoms with E-state index in [0.717, 1.165) is 0 Å². The number of aromatic nitrogens is 2. The van der Waals surface area contributed by atoms with Crippen molar-refractivity contribution in [3.63, 3.8) is 0 Å². The Balaban J connectivity index is 2.24. The van der Waals surface area contributed by atoms with E-state index >= 15 is 0 Å². The summed E-state index contributed by atoms with van der Waals surface area (Å²) in [4.78, 5) is 42.3. The number of anilines is 1. The van der Waals surface area contributed by atoms with E-state index in [1.165, 1.54) is 18.2 Å². The first-order chi connectivity index (χ1) is 8.52. The van der Waals surface area contributed by atoms with Gasteiger partial charge in [-0.3, -0.25) is 24.3 Å². The number of methoxy groups -OCH3 is 1. The fourth-order valence-corrected chi connectivity index (χ4v) is 2.02. The number of halogens is 1. The molecule has 1 aliphatic rings. The van der Waals surface area contributed by atoms with E-state index in [-0.39, 0.29) is 30.4 Å². The molecule has 96 valence electrons. The van der Waals surface area contributed by atoms with Crippen LogP contribution in [0.3, 0.4) is 0 Å². The molecule has 1 atom stereocenters. The molecule has 1 aliphatic heterocycles. The Morgan fingerprint density at radius 2 is 2.33 bits per heavy atom. The highest BCUT2D eigenvalue weighted by Gasteiger charge is 2.36. The highest BCUT2D eigenvalue weighted by Crippen LogP contribution is 2.22. The third kappa shape index (κ3) is 2.37. The lowest BCUT2D eigenvalue weighted by Gasteiger charge is -2.14. The topological polar surface area (TPSA) is 92.4 Å². The van der Waals surface area contributed by atoms with Gasteiger partial charge in [0.25, 0.3) is 5.56 Å². The second-order valence-electron chi connectivity index (χ2n) is 3.81. The van der Waals surface area contributed by atoms with Crippen LogP contribution < -0.4 is 10.5 Å². The molecule has 0 radical (unpaired) electrons. The maximum Gasteiger partial charge on any atom is 0.311 e. The molecule has 1 saturated heterocycles. The number of nitrogens with one attached hydrogen (secondary N) is 1. The zero-order valence-electron chi connectivity index (χ0n) is 9.47. The van der Waals surface area contributed by atoms with Crippen LogP contribution in [0.1, 0.15) is 6.42 Å². The molecular weight excluding hydrogens is 353 g/mol. The third-order valence-electron chi connectivity index (χ3n) is 2.66. The molecule has 18 heavy (non-hydrogen) atoms. The first kappa shape index (κ1) is 13.0. The second kappa shape index (κ2) is 5.04. The van der Waals surface area contributed by atoms with E-state index in [9.17, 15) is 14.4 Å². The molecule has 1 aromatic heterocycles. The van der Waals surface area contributed by atoms with Crippen LogP contribution in [-0.4, -0.2) is 35.5 Å². The highest BCUT2D eigenvalue weighted by molar-refractivity contribution is 14.1. The van der Waals surface area contributed by atoms with Crippen molar-refractivity contribution in [1.29, 1.82) is 0 Å². The fourth-order valence-electron chi connectivity index (χ4n) is 1.74. The molecule has 1 unspecified atom stereocenters. The van der Waals surface area contributed by atoms with Gasteiger partial charge in [0.1, 0.15) is 0 Å². The smallest absolute Gasteiger partial charge is 0.311 e. The predicted octanol–water partition coefficient (Wildman–Crippen LogP) is -0.0996. The lowest BCUT2D eigenvalue weighted by atomic mass is 10.1. The van der Waals surface area contributed by atoms with Crippen molar-refractivity contribution in [2.45, 2.75) is 6.42 Å². The maximum atomic E-state index is 11.8. The average Bonchev–Trinajstić information content (AvgIpc) is 2.74. The molecule has 0 saturated carbocycles. The summed E-state index contributed by atoms with van der Waals surface area (Å²) in [5, 5.41) is 0. The fraction of sp³-hybridized carbons (Fsp3) is 0.400. The van der Waals surface area contributed by atoms with Crippen molar-refractivity contribution in [2.75, 3.05) is 18.6 Å². The Bertz CT molecular complexity index is 556. The monoisotopic (exact) mass is 363 g/mol. The van der Waals surface area contributed by atoms with Gasteiger partial charge in [0, 0.05) is 19.2 Å². The normalized spacial score (nSPS) is 19.1. The number of hydrogen-bond donors (Lipinski definition) is 1. The van der Waals surface area contributed by atoms with Crippen molar-refractivity contribution in [1.82, 2.24) is 9.97 Å². The first-order valence-electron chi connectivity index (χ1n) is 5.16. The average molecular weight is 363 g/mol. The molecule has 8 heteroatoms. The van der Waals surface area contributed by atoms with Crippen LogP contribution in [0.4, 0.5) is 5.95 Å². The highest BCUT2D eigenvalue weighted by atomic mass is 127. The van der Waals surface area contributed by atoms with Crippen molar-refractivity contribution in [3.8, 4) is 0 Å². The van der Waals surface area contributed by atoms with Crippen molar-refractivity contribution >= 4 is 40.4 Å². The molecule has 0 spiro atoms. The summed E-state index contributed by atoms with van der Waals surface area (Å²) < 4.78 is 5.04. The third-order valence-corrected chi connectivity index (χ3v) is 3.43. The van der Waals surface area contributed by atoms with E-state index in [2.05, 4.69) is 14.7 Å². The molecule has 0 aromatic carbocycles. The van der Waals surface area contributed by atoms with Gasteiger partial charge in [-0.1, -0.05) is 0 Å². The van der Waals surface area contributed by atoms with E-state index in [1.54, 1.807) is 0 Å². The number of hydrogen-bond acceptors (Lipinski definition) is 5. The number of rotatable bonds is 2. The summed E-state index contributed by atoms with van der Waals surface area (Å²) in [5.41, 5.74) is -0.310. The van der Waals surface area contributed by atoms with Crippen LogP contribution in [0.25, 0.3) is 0 Å². The van der Waals surface area contributed by atoms with Gasteiger partial charge in [0.2, 0.25) is 11.9 Å². The van der Waals surface area contributed by atoms with Crippen molar-refractivity contribution < 1.29 is 14.3 Å². The van der Waals surface area contributed by atoms with Gasteiger partial charge in [-0.05, 0) is 22.6 Å². The summed E-state index contributed by atoms with van der Waals surface area (Å²) in [5.74, 6) is -1.03. The van der Waals surface area contributed by atoms with E-state index in [4.69, 9.17) is 0 Å². The summed E-state index contributed by atoms with van der Waals surface area (Å²) in [7, 11) is 1.28. The second-order valence-corrected chi connectivity index (χ2v) is 4.97. The molecule has 1 fully saturated rings. The lowest BCUT2D eigenvalue weighted by Crippen LogP contribution is -2.30. The van der Waals surface area contributed by atoms with Crippen LogP contribution in [0.2, 0.25) is 0 Å². The number of H-pyrrole nitrogens is 1. The Hall–Kier alpha value is -1.45. The van der Waals surface area contributed by atoms with Gasteiger partial charge in [-0.15, -0.1) is 0 Å². The molecule has 7 nitrogen and oxygen atoms in total. The van der Waals surface area contributed by atoms with Gasteiger partial charge < -0.3 is 4.74 Å². The molecule has 1 N–H and O–H groups in total. The van der Waals surface area contributed by atoms with Crippen LogP contribution in [-0.2, 0) is 14.3 Å². The minimum atomic E-state index is -0.507. The Morgan fingerprint density at radius 3 is 2.94 bits per heavy atom. The molecule has 1 aromatic rings. The quantitative estimate of drug-likeness (QED) is 0.585. The van der Waals surface area contributed by atoms with Gasteiger partial charge in [0.05, 0.1) is 16.6 Å². The van der Waals surface area contributed by atoms with Gasteiger partial charge >= 0.3 is 5.97 Å². The Labute approximate surface area is 116 Å². The predicted molar refractivity (Wildman–Crippen MR) is 70.1 cm³/mol. The zero-order chi connectivity index (χ0) is 13.3. The summed E-state index contributed by atoms with van der Waals surface area (Å²) in [6, 6.07) is 0. The van der Waals surface area contributed by atoms with Crippen LogP contribution in [0.5, 0.6) is 0 Å². The first-order valence-corrected chi connectivity index (χ1v) is 6.24. The van der Waals surface area contributed by atoms with Crippen molar-refractivity contribution in [3.05, 3.63) is 20.1 Å². The Morgan fingerprint density at radius 1 is 1.61 bits per heavy atom. The number of nitrogens with zero attached hydrogens (tertiary/aromatic N) is 2. The van der Waals surface area contributed by atoms with Crippen LogP contribution >= 0.6 is 22.6 Å². The molecule has 0 bridgehead atoms. The maximum absolute atomic E-state index is 11.8. The summed E-state index contributed by atoms with van der Waals surface area (Å²) >= 11 is 1.85.